The van der Waals surface area contributed by atoms with Gasteiger partial charge in [0, 0.05) is 12.6 Å². The van der Waals surface area contributed by atoms with E-state index < -0.39 is 0 Å². The van der Waals surface area contributed by atoms with Crippen molar-refractivity contribution in [1.82, 2.24) is 9.97 Å². The molecule has 0 fully saturated rings. The van der Waals surface area contributed by atoms with Crippen molar-refractivity contribution < 1.29 is 4.74 Å². The molecule has 0 unspecified atom stereocenters. The number of aromatic nitrogens is 2. The Hall–Kier alpha value is -2.30. The van der Waals surface area contributed by atoms with Crippen LogP contribution in [0.4, 0.5) is 17.3 Å². The first-order chi connectivity index (χ1) is 9.83. The van der Waals surface area contributed by atoms with Crippen molar-refractivity contribution in [3.8, 4) is 5.75 Å². The van der Waals surface area contributed by atoms with Gasteiger partial charge in [-0.1, -0.05) is 19.1 Å². The minimum Gasteiger partial charge on any atom is -0.492 e. The fraction of sp³-hybridized carbons (Fsp3) is 0.333. The molecule has 1 aromatic heterocycles. The number of ether oxygens (including phenoxy) is 1. The van der Waals surface area contributed by atoms with Crippen LogP contribution in [0.2, 0.25) is 0 Å². The van der Waals surface area contributed by atoms with Crippen LogP contribution in [0.5, 0.6) is 5.75 Å². The fourth-order valence-corrected chi connectivity index (χ4v) is 1.76. The van der Waals surface area contributed by atoms with Crippen LogP contribution in [-0.4, -0.2) is 23.1 Å². The molecule has 5 nitrogen and oxygen atoms in total. The summed E-state index contributed by atoms with van der Waals surface area (Å²) in [6.07, 6.45) is 2.60. The second kappa shape index (κ2) is 7.33. The van der Waals surface area contributed by atoms with E-state index in [1.54, 1.807) is 6.33 Å². The smallest absolute Gasteiger partial charge is 0.142 e. The maximum Gasteiger partial charge on any atom is 0.142 e. The molecule has 2 N–H and O–H groups in total. The van der Waals surface area contributed by atoms with Gasteiger partial charge in [-0.3, -0.25) is 0 Å². The van der Waals surface area contributed by atoms with Crippen molar-refractivity contribution in [2.75, 3.05) is 23.8 Å². The highest BCUT2D eigenvalue weighted by Crippen LogP contribution is 2.26. The molecule has 2 aromatic rings. The van der Waals surface area contributed by atoms with Gasteiger partial charge < -0.3 is 15.4 Å². The van der Waals surface area contributed by atoms with Crippen molar-refractivity contribution in [1.29, 1.82) is 0 Å². The summed E-state index contributed by atoms with van der Waals surface area (Å²) in [5, 5.41) is 6.50. The van der Waals surface area contributed by atoms with Crippen LogP contribution >= 0.6 is 0 Å². The Morgan fingerprint density at radius 3 is 2.70 bits per heavy atom. The van der Waals surface area contributed by atoms with Gasteiger partial charge in [-0.25, -0.2) is 9.97 Å². The minimum absolute atomic E-state index is 0.631. The van der Waals surface area contributed by atoms with Crippen LogP contribution in [-0.2, 0) is 0 Å². The lowest BCUT2D eigenvalue weighted by Crippen LogP contribution is -2.04. The molecule has 1 heterocycles. The topological polar surface area (TPSA) is 59.1 Å². The molecule has 2 rings (SSSR count). The lowest BCUT2D eigenvalue weighted by molar-refractivity contribution is 0.342. The Balaban J connectivity index is 2.13. The zero-order valence-corrected chi connectivity index (χ0v) is 11.9. The number of rotatable bonds is 7. The molecule has 0 saturated heterocycles. The summed E-state index contributed by atoms with van der Waals surface area (Å²) < 4.78 is 5.58. The Labute approximate surface area is 119 Å². The quantitative estimate of drug-likeness (QED) is 0.808. The van der Waals surface area contributed by atoms with Gasteiger partial charge in [0.15, 0.2) is 0 Å². The highest BCUT2D eigenvalue weighted by Gasteiger charge is 2.04. The summed E-state index contributed by atoms with van der Waals surface area (Å²) in [5.74, 6) is 2.38. The van der Waals surface area contributed by atoms with Crippen LogP contribution in [0, 0.1) is 0 Å². The van der Waals surface area contributed by atoms with Gasteiger partial charge in [0.25, 0.3) is 0 Å². The van der Waals surface area contributed by atoms with Crippen LogP contribution in [0.1, 0.15) is 20.3 Å². The van der Waals surface area contributed by atoms with E-state index in [1.165, 1.54) is 0 Å². The van der Waals surface area contributed by atoms with Crippen molar-refractivity contribution in [3.63, 3.8) is 0 Å². The van der Waals surface area contributed by atoms with Crippen LogP contribution in [0.3, 0.4) is 0 Å². The molecule has 20 heavy (non-hydrogen) atoms. The normalized spacial score (nSPS) is 10.1. The lowest BCUT2D eigenvalue weighted by atomic mass is 10.3. The Morgan fingerprint density at radius 2 is 1.90 bits per heavy atom. The van der Waals surface area contributed by atoms with E-state index in [-0.39, 0.29) is 0 Å². The number of anilines is 3. The first-order valence-electron chi connectivity index (χ1n) is 6.88. The predicted molar refractivity (Wildman–Crippen MR) is 81.7 cm³/mol. The predicted octanol–water partition coefficient (Wildman–Crippen LogP) is 3.44. The monoisotopic (exact) mass is 272 g/mol. The molecule has 0 bridgehead atoms. The van der Waals surface area contributed by atoms with Gasteiger partial charge >= 0.3 is 0 Å². The largest absolute Gasteiger partial charge is 0.492 e. The zero-order valence-electron chi connectivity index (χ0n) is 11.9. The molecule has 0 aliphatic heterocycles. The summed E-state index contributed by atoms with van der Waals surface area (Å²) >= 11 is 0. The van der Waals surface area contributed by atoms with E-state index in [9.17, 15) is 0 Å². The third-order valence-corrected chi connectivity index (χ3v) is 2.67. The Morgan fingerprint density at radius 1 is 1.10 bits per heavy atom. The van der Waals surface area contributed by atoms with Gasteiger partial charge in [-0.15, -0.1) is 0 Å². The molecule has 5 heteroatoms. The second-order valence-electron chi connectivity index (χ2n) is 4.27. The maximum absolute atomic E-state index is 5.58. The molecule has 0 radical (unpaired) electrons. The summed E-state index contributed by atoms with van der Waals surface area (Å²) in [7, 11) is 0. The van der Waals surface area contributed by atoms with Gasteiger partial charge in [0.05, 0.1) is 12.3 Å². The van der Waals surface area contributed by atoms with Gasteiger partial charge in [-0.05, 0) is 25.5 Å². The molecule has 1 aromatic carbocycles. The van der Waals surface area contributed by atoms with Crippen LogP contribution in [0.25, 0.3) is 0 Å². The number of hydrogen-bond donors (Lipinski definition) is 2. The number of hydrogen-bond acceptors (Lipinski definition) is 5. The van der Waals surface area contributed by atoms with Gasteiger partial charge in [0.2, 0.25) is 0 Å². The molecular weight excluding hydrogens is 252 g/mol. The molecule has 106 valence electrons. The molecule has 0 atom stereocenters. The molecule has 0 amide bonds. The summed E-state index contributed by atoms with van der Waals surface area (Å²) in [5.41, 5.74) is 0.898. The molecule has 0 aliphatic carbocycles. The van der Waals surface area contributed by atoms with Gasteiger partial charge in [-0.2, -0.15) is 0 Å². The maximum atomic E-state index is 5.58. The number of para-hydroxylation sites is 2. The molecular formula is C15H20N4O. The summed E-state index contributed by atoms with van der Waals surface area (Å²) in [4.78, 5) is 8.41. The van der Waals surface area contributed by atoms with Crippen molar-refractivity contribution in [2.24, 2.45) is 0 Å². The van der Waals surface area contributed by atoms with Crippen LogP contribution in [0.15, 0.2) is 36.7 Å². The van der Waals surface area contributed by atoms with E-state index >= 15 is 0 Å². The number of benzene rings is 1. The fourth-order valence-electron chi connectivity index (χ4n) is 1.76. The van der Waals surface area contributed by atoms with Crippen molar-refractivity contribution in [2.45, 2.75) is 20.3 Å². The average molecular weight is 272 g/mol. The third-order valence-electron chi connectivity index (χ3n) is 2.67. The zero-order chi connectivity index (χ0) is 14.2. The van der Waals surface area contributed by atoms with Crippen LogP contribution < -0.4 is 15.4 Å². The van der Waals surface area contributed by atoms with E-state index in [0.717, 1.165) is 36.0 Å². The van der Waals surface area contributed by atoms with E-state index in [4.69, 9.17) is 4.74 Å². The highest BCUT2D eigenvalue weighted by atomic mass is 16.5. The Kier molecular flexibility index (Phi) is 5.17. The second-order valence-corrected chi connectivity index (χ2v) is 4.27. The standard InChI is InChI=1S/C15H20N4O/c1-3-9-16-14-10-15(18-11-17-14)19-12-7-5-6-8-13(12)20-4-2/h5-8,10-11H,3-4,9H2,1-2H3,(H2,16,17,18,19). The van der Waals surface area contributed by atoms with Gasteiger partial charge in [0.1, 0.15) is 23.7 Å². The van der Waals surface area contributed by atoms with E-state index in [0.29, 0.717) is 6.61 Å². The minimum atomic E-state index is 0.631. The molecule has 0 aliphatic rings. The first-order valence-corrected chi connectivity index (χ1v) is 6.88. The summed E-state index contributed by atoms with van der Waals surface area (Å²) in [6.45, 7) is 5.61. The molecule has 0 spiro atoms. The van der Waals surface area contributed by atoms with E-state index in [1.807, 2.05) is 37.3 Å². The lowest BCUT2D eigenvalue weighted by Gasteiger charge is -2.12. The number of nitrogens with zero attached hydrogens (tertiary/aromatic N) is 2. The van der Waals surface area contributed by atoms with E-state index in [2.05, 4.69) is 27.5 Å². The summed E-state index contributed by atoms with van der Waals surface area (Å²) in [6, 6.07) is 9.70. The Bertz CT molecular complexity index is 545. The number of nitrogens with one attached hydrogen (secondary N) is 2. The first kappa shape index (κ1) is 14.1. The SMILES string of the molecule is CCCNc1cc(Nc2ccccc2OCC)ncn1. The average Bonchev–Trinajstić information content (AvgIpc) is 2.48. The highest BCUT2D eigenvalue weighted by molar-refractivity contribution is 5.65. The van der Waals surface area contributed by atoms with Crippen molar-refractivity contribution in [3.05, 3.63) is 36.7 Å². The molecule has 0 saturated carbocycles. The van der Waals surface area contributed by atoms with Crippen molar-refractivity contribution >= 4 is 17.3 Å². The third kappa shape index (κ3) is 3.85.